The zero-order chi connectivity index (χ0) is 16.1. The van der Waals surface area contributed by atoms with Crippen LogP contribution in [-0.2, 0) is 6.54 Å². The van der Waals surface area contributed by atoms with E-state index in [1.165, 1.54) is 25.7 Å². The second kappa shape index (κ2) is 8.17. The second-order valence-electron chi connectivity index (χ2n) is 6.95. The molecular formula is C16H30N6O. The Morgan fingerprint density at radius 2 is 2.00 bits per heavy atom. The predicted octanol–water partition coefficient (Wildman–Crippen LogP) is 0.683. The average molecular weight is 322 g/mol. The Morgan fingerprint density at radius 3 is 2.70 bits per heavy atom. The SMILES string of the molecule is Cc1nnnn1CCCN1CCN(C2CCCC2)[C@H](CCO)C1. The van der Waals surface area contributed by atoms with Gasteiger partial charge in [-0.1, -0.05) is 12.8 Å². The first-order chi connectivity index (χ1) is 11.3. The van der Waals surface area contributed by atoms with Gasteiger partial charge in [-0.25, -0.2) is 4.68 Å². The van der Waals surface area contributed by atoms with Gasteiger partial charge < -0.3 is 10.0 Å². The third kappa shape index (κ3) is 4.28. The third-order valence-electron chi connectivity index (χ3n) is 5.42. The van der Waals surface area contributed by atoms with E-state index in [9.17, 15) is 5.11 Å². The van der Waals surface area contributed by atoms with E-state index < -0.39 is 0 Å². The fourth-order valence-electron chi connectivity index (χ4n) is 4.16. The molecule has 1 saturated heterocycles. The zero-order valence-corrected chi connectivity index (χ0v) is 14.3. The highest BCUT2D eigenvalue weighted by Gasteiger charge is 2.32. The number of aromatic nitrogens is 4. The number of hydrogen-bond acceptors (Lipinski definition) is 6. The van der Waals surface area contributed by atoms with E-state index in [-0.39, 0.29) is 0 Å². The van der Waals surface area contributed by atoms with E-state index in [1.807, 2.05) is 11.6 Å². The summed E-state index contributed by atoms with van der Waals surface area (Å²) in [4.78, 5) is 5.23. The number of aliphatic hydroxyl groups is 1. The van der Waals surface area contributed by atoms with Crippen molar-refractivity contribution >= 4 is 0 Å². The van der Waals surface area contributed by atoms with Crippen LogP contribution in [0.1, 0.15) is 44.3 Å². The van der Waals surface area contributed by atoms with E-state index in [1.54, 1.807) is 0 Å². The lowest BCUT2D eigenvalue weighted by molar-refractivity contribution is 0.0290. The molecule has 1 aromatic rings. The summed E-state index contributed by atoms with van der Waals surface area (Å²) in [5, 5.41) is 21.0. The summed E-state index contributed by atoms with van der Waals surface area (Å²) < 4.78 is 1.87. The highest BCUT2D eigenvalue weighted by molar-refractivity contribution is 4.88. The van der Waals surface area contributed by atoms with Crippen molar-refractivity contribution < 1.29 is 5.11 Å². The topological polar surface area (TPSA) is 70.3 Å². The molecule has 0 bridgehead atoms. The summed E-state index contributed by atoms with van der Waals surface area (Å²) in [5.74, 6) is 0.884. The fraction of sp³-hybridized carbons (Fsp3) is 0.938. The Morgan fingerprint density at radius 1 is 1.17 bits per heavy atom. The summed E-state index contributed by atoms with van der Waals surface area (Å²) in [6.45, 7) is 7.59. The lowest BCUT2D eigenvalue weighted by Gasteiger charge is -2.44. The lowest BCUT2D eigenvalue weighted by atomic mass is 10.0. The molecule has 2 heterocycles. The Kier molecular flexibility index (Phi) is 5.96. The van der Waals surface area contributed by atoms with Gasteiger partial charge >= 0.3 is 0 Å². The van der Waals surface area contributed by atoms with Gasteiger partial charge in [0.05, 0.1) is 0 Å². The van der Waals surface area contributed by atoms with E-state index in [2.05, 4.69) is 25.3 Å². The number of tetrazole rings is 1. The van der Waals surface area contributed by atoms with E-state index in [0.29, 0.717) is 12.6 Å². The highest BCUT2D eigenvalue weighted by Crippen LogP contribution is 2.27. The van der Waals surface area contributed by atoms with Crippen LogP contribution in [0.2, 0.25) is 0 Å². The standard InChI is InChI=1S/C16H30N6O/c1-14-17-18-19-22(14)9-4-8-20-10-11-21(15-5-2-3-6-15)16(13-20)7-12-23/h15-16,23H,2-13H2,1H3/t16-/m1/s1. The maximum atomic E-state index is 9.43. The van der Waals surface area contributed by atoms with Crippen LogP contribution in [0.4, 0.5) is 0 Å². The Balaban J connectivity index is 1.47. The highest BCUT2D eigenvalue weighted by atomic mass is 16.3. The fourth-order valence-corrected chi connectivity index (χ4v) is 4.16. The molecule has 7 nitrogen and oxygen atoms in total. The number of piperazine rings is 1. The van der Waals surface area contributed by atoms with Gasteiger partial charge in [-0.3, -0.25) is 4.90 Å². The molecule has 23 heavy (non-hydrogen) atoms. The maximum Gasteiger partial charge on any atom is 0.148 e. The molecule has 1 aromatic heterocycles. The number of hydrogen-bond donors (Lipinski definition) is 1. The molecule has 1 saturated carbocycles. The summed E-state index contributed by atoms with van der Waals surface area (Å²) in [7, 11) is 0. The van der Waals surface area contributed by atoms with E-state index >= 15 is 0 Å². The molecule has 2 aliphatic rings. The predicted molar refractivity (Wildman–Crippen MR) is 88.1 cm³/mol. The molecular weight excluding hydrogens is 292 g/mol. The Hall–Kier alpha value is -1.05. The summed E-state index contributed by atoms with van der Waals surface area (Å²) in [6, 6.07) is 1.28. The monoisotopic (exact) mass is 322 g/mol. The van der Waals surface area contributed by atoms with Gasteiger partial charge in [0.1, 0.15) is 5.82 Å². The molecule has 0 unspecified atom stereocenters. The van der Waals surface area contributed by atoms with Crippen LogP contribution >= 0.6 is 0 Å². The van der Waals surface area contributed by atoms with Crippen molar-refractivity contribution in [3.05, 3.63) is 5.82 Å². The smallest absolute Gasteiger partial charge is 0.148 e. The molecule has 130 valence electrons. The first-order valence-corrected chi connectivity index (χ1v) is 9.09. The molecule has 1 aliphatic carbocycles. The van der Waals surface area contributed by atoms with Crippen LogP contribution in [0, 0.1) is 6.92 Å². The van der Waals surface area contributed by atoms with Crippen molar-refractivity contribution in [3.63, 3.8) is 0 Å². The molecule has 0 radical (unpaired) electrons. The average Bonchev–Trinajstić information content (AvgIpc) is 3.20. The first-order valence-electron chi connectivity index (χ1n) is 9.09. The van der Waals surface area contributed by atoms with Crippen molar-refractivity contribution in [3.8, 4) is 0 Å². The summed E-state index contributed by atoms with van der Waals surface area (Å²) >= 11 is 0. The molecule has 2 fully saturated rings. The number of nitrogens with zero attached hydrogens (tertiary/aromatic N) is 6. The normalized spacial score (nSPS) is 24.5. The zero-order valence-electron chi connectivity index (χ0n) is 14.3. The maximum absolute atomic E-state index is 9.43. The van der Waals surface area contributed by atoms with Gasteiger partial charge in [-0.05, 0) is 43.0 Å². The minimum absolute atomic E-state index is 0.297. The van der Waals surface area contributed by atoms with Crippen LogP contribution in [-0.4, -0.2) is 80.0 Å². The third-order valence-corrected chi connectivity index (χ3v) is 5.42. The molecule has 1 aliphatic heterocycles. The van der Waals surface area contributed by atoms with Crippen molar-refractivity contribution in [2.45, 2.75) is 64.1 Å². The van der Waals surface area contributed by atoms with Crippen molar-refractivity contribution in [1.82, 2.24) is 30.0 Å². The Bertz CT molecular complexity index is 473. The van der Waals surface area contributed by atoms with Crippen molar-refractivity contribution in [1.29, 1.82) is 0 Å². The first kappa shape index (κ1) is 16.8. The Labute approximate surface area is 138 Å². The molecule has 0 spiro atoms. The van der Waals surface area contributed by atoms with Gasteiger partial charge in [-0.2, -0.15) is 0 Å². The van der Waals surface area contributed by atoms with Crippen LogP contribution in [0.3, 0.4) is 0 Å². The van der Waals surface area contributed by atoms with Crippen LogP contribution in [0.5, 0.6) is 0 Å². The van der Waals surface area contributed by atoms with Crippen LogP contribution < -0.4 is 0 Å². The summed E-state index contributed by atoms with van der Waals surface area (Å²) in [6.07, 6.45) is 7.42. The number of aryl methyl sites for hydroxylation is 2. The van der Waals surface area contributed by atoms with Crippen molar-refractivity contribution in [2.75, 3.05) is 32.8 Å². The van der Waals surface area contributed by atoms with E-state index in [4.69, 9.17) is 0 Å². The molecule has 7 heteroatoms. The molecule has 0 amide bonds. The molecule has 1 N–H and O–H groups in total. The quantitative estimate of drug-likeness (QED) is 0.796. The molecule has 3 rings (SSSR count). The van der Waals surface area contributed by atoms with Gasteiger partial charge in [0.15, 0.2) is 0 Å². The van der Waals surface area contributed by atoms with E-state index in [0.717, 1.165) is 57.4 Å². The summed E-state index contributed by atoms with van der Waals surface area (Å²) in [5.41, 5.74) is 0. The molecule has 1 atom stereocenters. The van der Waals surface area contributed by atoms with Gasteiger partial charge in [0.2, 0.25) is 0 Å². The van der Waals surface area contributed by atoms with Crippen molar-refractivity contribution in [2.24, 2.45) is 0 Å². The second-order valence-corrected chi connectivity index (χ2v) is 6.95. The number of rotatable bonds is 7. The van der Waals surface area contributed by atoms with Gasteiger partial charge in [0.25, 0.3) is 0 Å². The minimum atomic E-state index is 0.297. The van der Waals surface area contributed by atoms with Gasteiger partial charge in [0, 0.05) is 51.4 Å². The van der Waals surface area contributed by atoms with Gasteiger partial charge in [-0.15, -0.1) is 5.10 Å². The van der Waals surface area contributed by atoms with Crippen LogP contribution in [0.15, 0.2) is 0 Å². The largest absolute Gasteiger partial charge is 0.396 e. The number of aliphatic hydroxyl groups excluding tert-OH is 1. The molecule has 0 aromatic carbocycles. The van der Waals surface area contributed by atoms with Crippen LogP contribution in [0.25, 0.3) is 0 Å². The minimum Gasteiger partial charge on any atom is -0.396 e. The lowest BCUT2D eigenvalue weighted by Crippen LogP contribution is -2.56.